The van der Waals surface area contributed by atoms with Crippen LogP contribution < -0.4 is 0 Å². The maximum atomic E-state index is 12.9. The number of nitrogens with zero attached hydrogens (tertiary/aromatic N) is 1. The highest BCUT2D eigenvalue weighted by molar-refractivity contribution is 5.70. The lowest BCUT2D eigenvalue weighted by molar-refractivity contribution is -0.152. The van der Waals surface area contributed by atoms with Crippen LogP contribution >= 0.6 is 0 Å². The SMILES string of the molecule is CCCCCCCC(=O)OCC(CCCC(=O)OCC(COC(=O)CCCCCC)COC(=O)OCCN(CCO)C1CCCCC1)COC(=O)CCCCCCC. The van der Waals surface area contributed by atoms with Crippen molar-refractivity contribution in [2.24, 2.45) is 11.8 Å². The Kier molecular flexibility index (Phi) is 34.0. The van der Waals surface area contributed by atoms with E-state index in [9.17, 15) is 29.1 Å². The summed E-state index contributed by atoms with van der Waals surface area (Å²) in [4.78, 5) is 64.8. The molecular weight excluding hydrogens is 746 g/mol. The van der Waals surface area contributed by atoms with E-state index in [2.05, 4.69) is 25.7 Å². The molecule has 338 valence electrons. The highest BCUT2D eigenvalue weighted by Crippen LogP contribution is 2.22. The molecule has 0 saturated heterocycles. The van der Waals surface area contributed by atoms with Gasteiger partial charge in [-0.3, -0.25) is 24.1 Å². The fourth-order valence-corrected chi connectivity index (χ4v) is 6.99. The Hall–Kier alpha value is -2.93. The number of rotatable bonds is 37. The van der Waals surface area contributed by atoms with Crippen molar-refractivity contribution in [3.05, 3.63) is 0 Å². The van der Waals surface area contributed by atoms with E-state index in [1.165, 1.54) is 6.42 Å². The van der Waals surface area contributed by atoms with Crippen molar-refractivity contribution in [1.29, 1.82) is 0 Å². The largest absolute Gasteiger partial charge is 0.508 e. The maximum absolute atomic E-state index is 12.9. The van der Waals surface area contributed by atoms with Crippen LogP contribution in [-0.2, 0) is 47.6 Å². The second kappa shape index (κ2) is 37.1. The van der Waals surface area contributed by atoms with E-state index in [1.807, 2.05) is 0 Å². The van der Waals surface area contributed by atoms with Crippen LogP contribution in [-0.4, -0.2) is 105 Å². The van der Waals surface area contributed by atoms with Crippen molar-refractivity contribution in [3.8, 4) is 0 Å². The fraction of sp³-hybridized carbons (Fsp3) is 0.889. The molecule has 0 aromatic heterocycles. The number of esters is 4. The summed E-state index contributed by atoms with van der Waals surface area (Å²) in [6, 6.07) is 0.363. The molecule has 0 aromatic carbocycles. The molecule has 0 radical (unpaired) electrons. The summed E-state index contributed by atoms with van der Waals surface area (Å²) in [7, 11) is 0. The summed E-state index contributed by atoms with van der Waals surface area (Å²) in [6.07, 6.45) is 20.7. The van der Waals surface area contributed by atoms with Gasteiger partial charge in [-0.05, 0) is 44.9 Å². The monoisotopic (exact) mass is 828 g/mol. The molecule has 0 aliphatic heterocycles. The van der Waals surface area contributed by atoms with E-state index in [0.717, 1.165) is 116 Å². The second-order valence-electron chi connectivity index (χ2n) is 16.0. The third-order valence-corrected chi connectivity index (χ3v) is 10.6. The van der Waals surface area contributed by atoms with E-state index in [-0.39, 0.29) is 82.9 Å². The quantitative estimate of drug-likeness (QED) is 0.0359. The van der Waals surface area contributed by atoms with E-state index in [1.54, 1.807) is 0 Å². The molecule has 1 fully saturated rings. The van der Waals surface area contributed by atoms with Crippen LogP contribution in [0.25, 0.3) is 0 Å². The Morgan fingerprint density at radius 3 is 1.38 bits per heavy atom. The van der Waals surface area contributed by atoms with Crippen molar-refractivity contribution in [2.45, 2.75) is 187 Å². The van der Waals surface area contributed by atoms with Crippen molar-refractivity contribution >= 4 is 30.0 Å². The van der Waals surface area contributed by atoms with Crippen LogP contribution in [0.1, 0.15) is 181 Å². The highest BCUT2D eigenvalue weighted by Gasteiger charge is 2.23. The molecule has 1 aliphatic rings. The third kappa shape index (κ3) is 30.2. The van der Waals surface area contributed by atoms with Crippen molar-refractivity contribution in [3.63, 3.8) is 0 Å². The van der Waals surface area contributed by atoms with Crippen molar-refractivity contribution < 1.29 is 57.5 Å². The predicted octanol–water partition coefficient (Wildman–Crippen LogP) is 9.03. The minimum atomic E-state index is -0.866. The van der Waals surface area contributed by atoms with Gasteiger partial charge in [0, 0.05) is 50.7 Å². The van der Waals surface area contributed by atoms with Crippen LogP contribution in [0.15, 0.2) is 0 Å². The molecule has 13 heteroatoms. The van der Waals surface area contributed by atoms with Gasteiger partial charge >= 0.3 is 30.0 Å². The molecule has 0 spiro atoms. The van der Waals surface area contributed by atoms with Gasteiger partial charge in [-0.2, -0.15) is 0 Å². The molecular formula is C45H81NO12. The second-order valence-corrected chi connectivity index (χ2v) is 16.0. The molecule has 13 nitrogen and oxygen atoms in total. The number of hydrogen-bond donors (Lipinski definition) is 1. The van der Waals surface area contributed by atoms with Gasteiger partial charge in [0.1, 0.15) is 26.4 Å². The first-order chi connectivity index (χ1) is 28.2. The molecule has 1 atom stereocenters. The number of hydrogen-bond acceptors (Lipinski definition) is 13. The van der Waals surface area contributed by atoms with Gasteiger partial charge in [0.2, 0.25) is 0 Å². The van der Waals surface area contributed by atoms with Gasteiger partial charge < -0.3 is 33.5 Å². The van der Waals surface area contributed by atoms with E-state index in [0.29, 0.717) is 44.8 Å². The lowest BCUT2D eigenvalue weighted by Crippen LogP contribution is -2.41. The number of aliphatic hydroxyl groups is 1. The zero-order chi connectivity index (χ0) is 42.5. The zero-order valence-electron chi connectivity index (χ0n) is 36.7. The average molecular weight is 828 g/mol. The van der Waals surface area contributed by atoms with Gasteiger partial charge in [0.25, 0.3) is 0 Å². The molecule has 58 heavy (non-hydrogen) atoms. The fourth-order valence-electron chi connectivity index (χ4n) is 6.99. The van der Waals surface area contributed by atoms with Gasteiger partial charge in [0.15, 0.2) is 0 Å². The molecule has 1 unspecified atom stereocenters. The number of unbranched alkanes of at least 4 members (excludes halogenated alkanes) is 11. The Bertz CT molecular complexity index is 1040. The first kappa shape index (κ1) is 53.1. The summed E-state index contributed by atoms with van der Waals surface area (Å²) >= 11 is 0. The number of ether oxygens (including phenoxy) is 6. The molecule has 1 N–H and O–H groups in total. The summed E-state index contributed by atoms with van der Waals surface area (Å²) in [6.45, 7) is 7.34. The summed E-state index contributed by atoms with van der Waals surface area (Å²) in [5.74, 6) is -2.24. The molecule has 0 bridgehead atoms. The predicted molar refractivity (Wildman–Crippen MR) is 223 cm³/mol. The van der Waals surface area contributed by atoms with Crippen LogP contribution in [0, 0.1) is 11.8 Å². The lowest BCUT2D eigenvalue weighted by atomic mass is 9.94. The summed E-state index contributed by atoms with van der Waals surface area (Å²) in [5.41, 5.74) is 0. The van der Waals surface area contributed by atoms with Crippen molar-refractivity contribution in [2.75, 3.05) is 59.3 Å². The van der Waals surface area contributed by atoms with E-state index >= 15 is 0 Å². The van der Waals surface area contributed by atoms with E-state index < -0.39 is 18.0 Å². The topological polar surface area (TPSA) is 164 Å². The first-order valence-corrected chi connectivity index (χ1v) is 23.0. The normalized spacial score (nSPS) is 13.6. The average Bonchev–Trinajstić information content (AvgIpc) is 3.22. The molecule has 0 heterocycles. The highest BCUT2D eigenvalue weighted by atomic mass is 16.7. The third-order valence-electron chi connectivity index (χ3n) is 10.6. The van der Waals surface area contributed by atoms with E-state index in [4.69, 9.17) is 28.4 Å². The number of carbonyl (C=O) groups excluding carboxylic acids is 5. The Morgan fingerprint density at radius 2 is 0.914 bits per heavy atom. The summed E-state index contributed by atoms with van der Waals surface area (Å²) < 4.78 is 32.8. The van der Waals surface area contributed by atoms with Gasteiger partial charge in [-0.1, -0.05) is 111 Å². The summed E-state index contributed by atoms with van der Waals surface area (Å²) in [5, 5.41) is 9.53. The Labute approximate surface area is 350 Å². The first-order valence-electron chi connectivity index (χ1n) is 23.0. The minimum Gasteiger partial charge on any atom is -0.465 e. The standard InChI is InChI=1S/C45H81NO12/c1-4-7-10-13-19-26-41(48)54-33-38(34-55-42(49)27-20-14-11-8-5-2)22-21-28-44(51)57-36-39(35-56-43(50)25-18-12-9-6-3)37-58-45(52)53-32-30-46(29-31-47)40-23-16-15-17-24-40/h38-40,47H,4-37H2,1-3H3. The molecule has 1 aliphatic carbocycles. The smallest absolute Gasteiger partial charge is 0.465 e. The minimum absolute atomic E-state index is 0.0305. The maximum Gasteiger partial charge on any atom is 0.508 e. The molecule has 1 saturated carbocycles. The number of aliphatic hydroxyl groups excluding tert-OH is 1. The van der Waals surface area contributed by atoms with Crippen molar-refractivity contribution in [1.82, 2.24) is 4.90 Å². The Morgan fingerprint density at radius 1 is 0.500 bits per heavy atom. The van der Waals surface area contributed by atoms with Crippen LogP contribution in [0.4, 0.5) is 4.79 Å². The number of carbonyl (C=O) groups is 5. The Balaban J connectivity index is 2.66. The van der Waals surface area contributed by atoms with Gasteiger partial charge in [0.05, 0.1) is 25.7 Å². The zero-order valence-corrected chi connectivity index (χ0v) is 36.7. The molecule has 0 amide bonds. The molecule has 1 rings (SSSR count). The lowest BCUT2D eigenvalue weighted by Gasteiger charge is -2.33. The molecule has 0 aromatic rings. The van der Waals surface area contributed by atoms with Gasteiger partial charge in [-0.15, -0.1) is 0 Å². The van der Waals surface area contributed by atoms with Crippen LogP contribution in [0.3, 0.4) is 0 Å². The van der Waals surface area contributed by atoms with Crippen LogP contribution in [0.2, 0.25) is 0 Å². The van der Waals surface area contributed by atoms with Crippen LogP contribution in [0.5, 0.6) is 0 Å². The van der Waals surface area contributed by atoms with Gasteiger partial charge in [-0.25, -0.2) is 4.79 Å².